The Bertz CT molecular complexity index is 343. The molecule has 5 atom stereocenters. The maximum Gasteiger partial charge on any atom is 0.0598 e. The Morgan fingerprint density at radius 3 is 2.70 bits per heavy atom. The van der Waals surface area contributed by atoms with Crippen molar-refractivity contribution in [3.05, 3.63) is 0 Å². The van der Waals surface area contributed by atoms with E-state index in [-0.39, 0.29) is 5.54 Å². The number of nitrogens with zero attached hydrogens (tertiary/aromatic N) is 2. The molecule has 2 aliphatic heterocycles. The van der Waals surface area contributed by atoms with Gasteiger partial charge < -0.3 is 10.6 Å². The number of nitrogens with two attached hydrogens (primary N) is 1. The monoisotopic (exact) mass is 280 g/mol. The molecule has 3 fully saturated rings. The molecule has 116 valence electrons. The minimum absolute atomic E-state index is 0.00436. The summed E-state index contributed by atoms with van der Waals surface area (Å²) in [5.41, 5.74) is 6.29. The highest BCUT2D eigenvalue weighted by Gasteiger charge is 2.41. The smallest absolute Gasteiger partial charge is 0.0598 e. The number of likely N-dealkylation sites (N-methyl/N-ethyl adjacent to an activating group) is 1. The first-order valence-corrected chi connectivity index (χ1v) is 8.38. The number of fused-ring (bicyclic) bond motifs is 1. The van der Waals surface area contributed by atoms with Crippen molar-refractivity contribution < 1.29 is 0 Å². The van der Waals surface area contributed by atoms with Crippen molar-refractivity contribution in [3.8, 4) is 0 Å². The van der Waals surface area contributed by atoms with E-state index in [4.69, 9.17) is 5.73 Å². The van der Waals surface area contributed by atoms with E-state index >= 15 is 0 Å². The van der Waals surface area contributed by atoms with Crippen LogP contribution in [0.2, 0.25) is 0 Å². The third kappa shape index (κ3) is 3.03. The normalized spacial score (nSPS) is 47.4. The Labute approximate surface area is 124 Å². The molecule has 3 N–H and O–H groups in total. The summed E-state index contributed by atoms with van der Waals surface area (Å²) in [6.45, 7) is 5.78. The van der Waals surface area contributed by atoms with E-state index in [1.807, 2.05) is 0 Å². The van der Waals surface area contributed by atoms with Gasteiger partial charge in [-0.1, -0.05) is 6.42 Å². The van der Waals surface area contributed by atoms with E-state index in [2.05, 4.69) is 36.1 Å². The van der Waals surface area contributed by atoms with Gasteiger partial charge in [0.2, 0.25) is 0 Å². The molecule has 5 unspecified atom stereocenters. The number of hydrogen-bond acceptors (Lipinski definition) is 4. The Hall–Kier alpha value is -0.160. The summed E-state index contributed by atoms with van der Waals surface area (Å²) >= 11 is 0. The van der Waals surface area contributed by atoms with Crippen LogP contribution in [-0.4, -0.2) is 61.3 Å². The number of piperidine rings is 1. The first kappa shape index (κ1) is 14.8. The van der Waals surface area contributed by atoms with E-state index < -0.39 is 0 Å². The van der Waals surface area contributed by atoms with Crippen LogP contribution in [0, 0.1) is 11.8 Å². The molecule has 0 aromatic carbocycles. The fourth-order valence-corrected chi connectivity index (χ4v) is 4.80. The van der Waals surface area contributed by atoms with Crippen LogP contribution in [0.25, 0.3) is 0 Å². The van der Waals surface area contributed by atoms with Crippen LogP contribution in [0.15, 0.2) is 0 Å². The maximum absolute atomic E-state index is 6.29. The van der Waals surface area contributed by atoms with Crippen molar-refractivity contribution in [2.75, 3.05) is 33.7 Å². The van der Waals surface area contributed by atoms with Gasteiger partial charge in [-0.25, -0.2) is 0 Å². The zero-order chi connectivity index (χ0) is 14.3. The van der Waals surface area contributed by atoms with Gasteiger partial charge in [-0.2, -0.15) is 0 Å². The molecular formula is C16H32N4. The number of rotatable bonds is 2. The van der Waals surface area contributed by atoms with Gasteiger partial charge in [0, 0.05) is 31.2 Å². The second-order valence-corrected chi connectivity index (χ2v) is 7.97. The molecule has 2 saturated heterocycles. The zero-order valence-electron chi connectivity index (χ0n) is 13.4. The van der Waals surface area contributed by atoms with E-state index in [1.165, 1.54) is 38.8 Å². The Morgan fingerprint density at radius 1 is 1.15 bits per heavy atom. The quantitative estimate of drug-likeness (QED) is 0.794. The summed E-state index contributed by atoms with van der Waals surface area (Å²) in [7, 11) is 4.50. The predicted molar refractivity (Wildman–Crippen MR) is 83.5 cm³/mol. The molecule has 2 heterocycles. The summed E-state index contributed by atoms with van der Waals surface area (Å²) in [4.78, 5) is 4.96. The topological polar surface area (TPSA) is 44.5 Å². The zero-order valence-corrected chi connectivity index (χ0v) is 13.4. The SMILES string of the molecule is CN1CC2CCCC(NC3CCC(C)(N)CN3C)C2C1. The standard InChI is InChI=1S/C16H32N4/c1-16(17)8-7-15(20(3)11-16)18-14-6-4-5-12-9-19(2)10-13(12)14/h12-15,18H,4-11,17H2,1-3H3. The van der Waals surface area contributed by atoms with Crippen LogP contribution in [0.5, 0.6) is 0 Å². The van der Waals surface area contributed by atoms with Gasteiger partial charge in [0.15, 0.2) is 0 Å². The molecule has 1 aliphatic carbocycles. The molecule has 0 radical (unpaired) electrons. The van der Waals surface area contributed by atoms with E-state index in [0.29, 0.717) is 12.2 Å². The van der Waals surface area contributed by atoms with Crippen LogP contribution in [0.3, 0.4) is 0 Å². The highest BCUT2D eigenvalue weighted by atomic mass is 15.3. The molecule has 0 spiro atoms. The average molecular weight is 280 g/mol. The van der Waals surface area contributed by atoms with Gasteiger partial charge in [0.05, 0.1) is 6.17 Å². The van der Waals surface area contributed by atoms with Crippen LogP contribution in [-0.2, 0) is 0 Å². The molecule has 4 heteroatoms. The third-order valence-electron chi connectivity index (χ3n) is 5.82. The van der Waals surface area contributed by atoms with Gasteiger partial charge in [0.25, 0.3) is 0 Å². The van der Waals surface area contributed by atoms with Crippen LogP contribution >= 0.6 is 0 Å². The third-order valence-corrected chi connectivity index (χ3v) is 5.82. The summed E-state index contributed by atoms with van der Waals surface area (Å²) in [6, 6.07) is 0.716. The molecule has 0 amide bonds. The fraction of sp³-hybridized carbons (Fsp3) is 1.00. The fourth-order valence-electron chi connectivity index (χ4n) is 4.80. The molecule has 3 aliphatic rings. The first-order chi connectivity index (χ1) is 9.44. The van der Waals surface area contributed by atoms with Crippen LogP contribution in [0.1, 0.15) is 39.0 Å². The minimum Gasteiger partial charge on any atom is -0.324 e. The van der Waals surface area contributed by atoms with E-state index in [9.17, 15) is 0 Å². The molecule has 0 aromatic rings. The molecule has 0 bridgehead atoms. The van der Waals surface area contributed by atoms with Crippen molar-refractivity contribution in [2.24, 2.45) is 17.6 Å². The highest BCUT2D eigenvalue weighted by molar-refractivity contribution is 4.97. The molecule has 1 saturated carbocycles. The van der Waals surface area contributed by atoms with Crippen molar-refractivity contribution in [1.29, 1.82) is 0 Å². The summed E-state index contributed by atoms with van der Waals surface area (Å²) in [5, 5.41) is 3.98. The Balaban J connectivity index is 1.60. The average Bonchev–Trinajstić information content (AvgIpc) is 2.73. The maximum atomic E-state index is 6.29. The summed E-state index contributed by atoms with van der Waals surface area (Å²) in [6.07, 6.45) is 7.05. The number of likely N-dealkylation sites (tertiary alicyclic amines) is 2. The second-order valence-electron chi connectivity index (χ2n) is 7.97. The lowest BCUT2D eigenvalue weighted by Gasteiger charge is -2.45. The molecule has 20 heavy (non-hydrogen) atoms. The lowest BCUT2D eigenvalue weighted by Crippen LogP contribution is -2.61. The van der Waals surface area contributed by atoms with Crippen molar-refractivity contribution in [3.63, 3.8) is 0 Å². The second kappa shape index (κ2) is 5.56. The number of hydrogen-bond donors (Lipinski definition) is 2. The largest absolute Gasteiger partial charge is 0.324 e. The lowest BCUT2D eigenvalue weighted by atomic mass is 9.77. The Kier molecular flexibility index (Phi) is 4.10. The van der Waals surface area contributed by atoms with Crippen molar-refractivity contribution in [2.45, 2.75) is 56.8 Å². The predicted octanol–water partition coefficient (Wildman–Crippen LogP) is 1.08. The first-order valence-electron chi connectivity index (χ1n) is 8.38. The lowest BCUT2D eigenvalue weighted by molar-refractivity contribution is 0.0739. The number of nitrogens with one attached hydrogen (secondary N) is 1. The van der Waals surface area contributed by atoms with Crippen molar-refractivity contribution in [1.82, 2.24) is 15.1 Å². The van der Waals surface area contributed by atoms with Gasteiger partial charge in [0.1, 0.15) is 0 Å². The molecular weight excluding hydrogens is 248 g/mol. The molecule has 4 nitrogen and oxygen atoms in total. The molecule has 0 aromatic heterocycles. The molecule has 3 rings (SSSR count). The van der Waals surface area contributed by atoms with Gasteiger partial charge >= 0.3 is 0 Å². The van der Waals surface area contributed by atoms with Crippen LogP contribution in [0.4, 0.5) is 0 Å². The van der Waals surface area contributed by atoms with E-state index in [1.54, 1.807) is 0 Å². The van der Waals surface area contributed by atoms with Crippen LogP contribution < -0.4 is 11.1 Å². The summed E-state index contributed by atoms with van der Waals surface area (Å²) in [5.74, 6) is 1.80. The van der Waals surface area contributed by atoms with Crippen molar-refractivity contribution >= 4 is 0 Å². The van der Waals surface area contributed by atoms with E-state index in [0.717, 1.165) is 24.8 Å². The van der Waals surface area contributed by atoms with Gasteiger partial charge in [-0.15, -0.1) is 0 Å². The van der Waals surface area contributed by atoms with Gasteiger partial charge in [-0.05, 0) is 58.5 Å². The van der Waals surface area contributed by atoms with Gasteiger partial charge in [-0.3, -0.25) is 10.2 Å². The highest BCUT2D eigenvalue weighted by Crippen LogP contribution is 2.36. The minimum atomic E-state index is -0.00436. The summed E-state index contributed by atoms with van der Waals surface area (Å²) < 4.78 is 0. The Morgan fingerprint density at radius 2 is 1.95 bits per heavy atom.